The Morgan fingerprint density at radius 1 is 1.03 bits per heavy atom. The van der Waals surface area contributed by atoms with Gasteiger partial charge in [0.05, 0.1) is 23.2 Å². The number of benzene rings is 3. The van der Waals surface area contributed by atoms with E-state index < -0.39 is 11.2 Å². The summed E-state index contributed by atoms with van der Waals surface area (Å²) in [5, 5.41) is 6.58. The van der Waals surface area contributed by atoms with Gasteiger partial charge in [-0.1, -0.05) is 49.4 Å². The third kappa shape index (κ3) is 3.57. The first-order chi connectivity index (χ1) is 14.1. The van der Waals surface area contributed by atoms with Crippen molar-refractivity contribution in [1.29, 1.82) is 0 Å². The van der Waals surface area contributed by atoms with Crippen molar-refractivity contribution in [1.82, 2.24) is 9.66 Å². The van der Waals surface area contributed by atoms with Crippen molar-refractivity contribution in [3.8, 4) is 5.75 Å². The van der Waals surface area contributed by atoms with Gasteiger partial charge in [0.2, 0.25) is 0 Å². The average molecular weight is 387 g/mol. The van der Waals surface area contributed by atoms with Gasteiger partial charge in [-0.15, -0.1) is 4.68 Å². The molecule has 1 atom stereocenters. The number of aromatic amines is 1. The van der Waals surface area contributed by atoms with Crippen LogP contribution in [0.3, 0.4) is 0 Å². The summed E-state index contributed by atoms with van der Waals surface area (Å²) in [6.07, 6.45) is 2.40. The average Bonchev–Trinajstić information content (AvgIpc) is 2.74. The van der Waals surface area contributed by atoms with E-state index >= 15 is 0 Å². The molecule has 1 aromatic heterocycles. The fourth-order valence-corrected chi connectivity index (χ4v) is 3.19. The Labute approximate surface area is 167 Å². The van der Waals surface area contributed by atoms with Gasteiger partial charge in [0.15, 0.2) is 0 Å². The molecule has 1 N–H and O–H groups in total. The van der Waals surface area contributed by atoms with Crippen LogP contribution in [0, 0.1) is 0 Å². The molecule has 1 heterocycles. The van der Waals surface area contributed by atoms with Crippen molar-refractivity contribution in [2.45, 2.75) is 26.4 Å². The number of nitrogens with one attached hydrogen (secondary N) is 1. The number of hydrogen-bond acceptors (Lipinski definition) is 4. The van der Waals surface area contributed by atoms with Crippen LogP contribution in [-0.4, -0.2) is 22.0 Å². The van der Waals surface area contributed by atoms with Crippen LogP contribution in [0.1, 0.15) is 25.8 Å². The molecule has 1 unspecified atom stereocenters. The molecule has 0 fully saturated rings. The van der Waals surface area contributed by atoms with Gasteiger partial charge in [0.25, 0.3) is 5.56 Å². The summed E-state index contributed by atoms with van der Waals surface area (Å²) in [6, 6.07) is 18.6. The number of aromatic nitrogens is 2. The largest absolute Gasteiger partial charge is 0.490 e. The second-order valence-corrected chi connectivity index (χ2v) is 6.87. The lowest BCUT2D eigenvalue weighted by atomic mass is 10.0. The normalized spacial score (nSPS) is 12.6. The van der Waals surface area contributed by atoms with Crippen LogP contribution in [0.4, 0.5) is 0 Å². The molecule has 0 aliphatic carbocycles. The first kappa shape index (κ1) is 18.7. The molecule has 3 aromatic carbocycles. The van der Waals surface area contributed by atoms with Crippen LogP contribution in [0.5, 0.6) is 5.75 Å². The molecule has 0 spiro atoms. The molecule has 146 valence electrons. The van der Waals surface area contributed by atoms with Crippen molar-refractivity contribution >= 4 is 27.9 Å². The highest BCUT2D eigenvalue weighted by Crippen LogP contribution is 2.27. The molecule has 0 aliphatic rings. The summed E-state index contributed by atoms with van der Waals surface area (Å²) in [5.74, 6) is 0.659. The highest BCUT2D eigenvalue weighted by molar-refractivity contribution is 6.02. The van der Waals surface area contributed by atoms with E-state index in [0.29, 0.717) is 16.7 Å². The molecule has 6 nitrogen and oxygen atoms in total. The van der Waals surface area contributed by atoms with E-state index in [9.17, 15) is 9.59 Å². The first-order valence-electron chi connectivity index (χ1n) is 9.55. The zero-order valence-corrected chi connectivity index (χ0v) is 16.3. The highest BCUT2D eigenvalue weighted by Gasteiger charge is 2.11. The zero-order valence-electron chi connectivity index (χ0n) is 16.3. The maximum absolute atomic E-state index is 12.7. The Morgan fingerprint density at radius 2 is 1.76 bits per heavy atom. The second kappa shape index (κ2) is 7.75. The Kier molecular flexibility index (Phi) is 4.99. The SMILES string of the molecule is CCC(C)Oc1ccc2ccccc2c1C=Nn1c(=O)[nH]c2ccccc2c1=O. The quantitative estimate of drug-likeness (QED) is 0.528. The van der Waals surface area contributed by atoms with Gasteiger partial charge >= 0.3 is 5.69 Å². The minimum atomic E-state index is -0.588. The van der Waals surface area contributed by atoms with Gasteiger partial charge in [-0.3, -0.25) is 4.79 Å². The molecule has 0 bridgehead atoms. The van der Waals surface area contributed by atoms with Gasteiger partial charge in [-0.25, -0.2) is 4.79 Å². The summed E-state index contributed by atoms with van der Waals surface area (Å²) in [4.78, 5) is 27.8. The van der Waals surface area contributed by atoms with E-state index in [1.807, 2.05) is 50.2 Å². The topological polar surface area (TPSA) is 76.5 Å². The summed E-state index contributed by atoms with van der Waals surface area (Å²) < 4.78 is 6.90. The molecule has 0 aliphatic heterocycles. The summed E-state index contributed by atoms with van der Waals surface area (Å²) >= 11 is 0. The first-order valence-corrected chi connectivity index (χ1v) is 9.55. The number of rotatable bonds is 5. The highest BCUT2D eigenvalue weighted by atomic mass is 16.5. The number of ether oxygens (including phenoxy) is 1. The van der Waals surface area contributed by atoms with E-state index in [1.54, 1.807) is 24.3 Å². The summed E-state index contributed by atoms with van der Waals surface area (Å²) in [5.41, 5.74) is 0.155. The second-order valence-electron chi connectivity index (χ2n) is 6.87. The fraction of sp³-hybridized carbons (Fsp3) is 0.174. The monoisotopic (exact) mass is 387 g/mol. The number of hydrogen-bond donors (Lipinski definition) is 1. The lowest BCUT2D eigenvalue weighted by Crippen LogP contribution is -2.32. The van der Waals surface area contributed by atoms with Gasteiger partial charge in [0, 0.05) is 5.56 Å². The number of fused-ring (bicyclic) bond motifs is 2. The molecule has 4 rings (SSSR count). The van der Waals surface area contributed by atoms with E-state index in [2.05, 4.69) is 10.1 Å². The lowest BCUT2D eigenvalue weighted by molar-refractivity contribution is 0.217. The van der Waals surface area contributed by atoms with Crippen molar-refractivity contribution in [3.05, 3.63) is 87.1 Å². The zero-order chi connectivity index (χ0) is 20.4. The van der Waals surface area contributed by atoms with E-state index in [-0.39, 0.29) is 6.10 Å². The van der Waals surface area contributed by atoms with Crippen LogP contribution >= 0.6 is 0 Å². The molecule has 4 aromatic rings. The van der Waals surface area contributed by atoms with Crippen molar-refractivity contribution in [2.75, 3.05) is 0 Å². The standard InChI is InChI=1S/C23H21N3O3/c1-3-15(2)29-21-13-12-16-8-4-5-9-17(16)19(21)14-24-26-22(27)18-10-6-7-11-20(18)25-23(26)28/h4-15H,3H2,1-2H3,(H,25,28). The predicted octanol–water partition coefficient (Wildman–Crippen LogP) is 3.90. The summed E-state index contributed by atoms with van der Waals surface area (Å²) in [7, 11) is 0. The Bertz CT molecular complexity index is 1330. The number of para-hydroxylation sites is 1. The maximum atomic E-state index is 12.7. The Morgan fingerprint density at radius 3 is 2.55 bits per heavy atom. The fourth-order valence-electron chi connectivity index (χ4n) is 3.19. The molecular formula is C23H21N3O3. The third-order valence-electron chi connectivity index (χ3n) is 4.92. The van der Waals surface area contributed by atoms with Crippen LogP contribution in [0.15, 0.2) is 75.4 Å². The Balaban J connectivity index is 1.88. The molecule has 0 saturated carbocycles. The smallest absolute Gasteiger partial charge is 0.349 e. The van der Waals surface area contributed by atoms with Gasteiger partial charge in [0.1, 0.15) is 5.75 Å². The predicted molar refractivity (Wildman–Crippen MR) is 116 cm³/mol. The van der Waals surface area contributed by atoms with Gasteiger partial charge in [-0.05, 0) is 42.3 Å². The molecule has 29 heavy (non-hydrogen) atoms. The maximum Gasteiger partial charge on any atom is 0.349 e. The van der Waals surface area contributed by atoms with Crippen molar-refractivity contribution in [3.63, 3.8) is 0 Å². The lowest BCUT2D eigenvalue weighted by Gasteiger charge is -2.16. The molecule has 0 radical (unpaired) electrons. The minimum Gasteiger partial charge on any atom is -0.490 e. The van der Waals surface area contributed by atoms with E-state index in [0.717, 1.165) is 27.4 Å². The van der Waals surface area contributed by atoms with Crippen LogP contribution in [0.2, 0.25) is 0 Å². The minimum absolute atomic E-state index is 0.0232. The van der Waals surface area contributed by atoms with Gasteiger partial charge < -0.3 is 9.72 Å². The molecule has 0 saturated heterocycles. The van der Waals surface area contributed by atoms with E-state index in [1.165, 1.54) is 6.21 Å². The number of H-pyrrole nitrogens is 1. The molecular weight excluding hydrogens is 366 g/mol. The van der Waals surface area contributed by atoms with Crippen molar-refractivity contribution in [2.24, 2.45) is 5.10 Å². The van der Waals surface area contributed by atoms with Crippen LogP contribution < -0.4 is 16.0 Å². The molecule has 0 amide bonds. The Hall–Kier alpha value is -3.67. The van der Waals surface area contributed by atoms with Crippen LogP contribution in [0.25, 0.3) is 21.7 Å². The van der Waals surface area contributed by atoms with Crippen LogP contribution in [-0.2, 0) is 0 Å². The summed E-state index contributed by atoms with van der Waals surface area (Å²) in [6.45, 7) is 4.04. The van der Waals surface area contributed by atoms with Crippen molar-refractivity contribution < 1.29 is 4.74 Å². The number of nitrogens with zero attached hydrogens (tertiary/aromatic N) is 2. The van der Waals surface area contributed by atoms with Gasteiger partial charge in [-0.2, -0.15) is 5.10 Å². The van der Waals surface area contributed by atoms with E-state index in [4.69, 9.17) is 4.74 Å². The third-order valence-corrected chi connectivity index (χ3v) is 4.92. The molecule has 6 heteroatoms.